The van der Waals surface area contributed by atoms with Gasteiger partial charge in [-0.25, -0.2) is 0 Å². The van der Waals surface area contributed by atoms with E-state index >= 15 is 0 Å². The average Bonchev–Trinajstić information content (AvgIpc) is 2.59. The molecular weight excluding hydrogens is 296 g/mol. The summed E-state index contributed by atoms with van der Waals surface area (Å²) < 4.78 is 17.0. The van der Waals surface area contributed by atoms with Crippen molar-refractivity contribution in [3.05, 3.63) is 24.3 Å². The lowest BCUT2D eigenvalue weighted by Gasteiger charge is -2.38. The normalized spacial score (nSPS) is 22.4. The number of nitrogens with zero attached hydrogens (tertiary/aromatic N) is 1. The molecule has 2 N–H and O–H groups in total. The second-order valence-electron chi connectivity index (χ2n) is 6.11. The summed E-state index contributed by atoms with van der Waals surface area (Å²) in [5, 5.41) is 0. The SMILES string of the molecule is CCN(CC1COc2ccccc2O1)C(=O)C1(N)CCOCC1. The van der Waals surface area contributed by atoms with Crippen molar-refractivity contribution in [3.63, 3.8) is 0 Å². The molecule has 1 fully saturated rings. The van der Waals surface area contributed by atoms with Crippen molar-refractivity contribution in [2.45, 2.75) is 31.4 Å². The topological polar surface area (TPSA) is 74.0 Å². The first-order chi connectivity index (χ1) is 11.1. The number of amides is 1. The number of para-hydroxylation sites is 2. The highest BCUT2D eigenvalue weighted by Gasteiger charge is 2.39. The number of benzene rings is 1. The van der Waals surface area contributed by atoms with Crippen LogP contribution in [-0.4, -0.2) is 55.4 Å². The van der Waals surface area contributed by atoms with E-state index in [1.54, 1.807) is 4.90 Å². The molecule has 1 saturated heterocycles. The molecule has 0 radical (unpaired) electrons. The highest BCUT2D eigenvalue weighted by Crippen LogP contribution is 2.31. The molecule has 0 spiro atoms. The van der Waals surface area contributed by atoms with Gasteiger partial charge in [0.15, 0.2) is 17.6 Å². The number of carbonyl (C=O) groups excluding carboxylic acids is 1. The first-order valence-electron chi connectivity index (χ1n) is 8.17. The van der Waals surface area contributed by atoms with Gasteiger partial charge in [-0.05, 0) is 31.9 Å². The van der Waals surface area contributed by atoms with Crippen LogP contribution in [0.1, 0.15) is 19.8 Å². The van der Waals surface area contributed by atoms with Crippen molar-refractivity contribution in [2.75, 3.05) is 32.9 Å². The van der Waals surface area contributed by atoms with Gasteiger partial charge in [-0.15, -0.1) is 0 Å². The molecule has 1 aromatic carbocycles. The van der Waals surface area contributed by atoms with Gasteiger partial charge in [0.2, 0.25) is 5.91 Å². The second-order valence-corrected chi connectivity index (χ2v) is 6.11. The van der Waals surface area contributed by atoms with Crippen LogP contribution in [0, 0.1) is 0 Å². The molecule has 6 heteroatoms. The summed E-state index contributed by atoms with van der Waals surface area (Å²) in [4.78, 5) is 14.6. The smallest absolute Gasteiger partial charge is 0.242 e. The minimum atomic E-state index is -0.818. The quantitative estimate of drug-likeness (QED) is 0.902. The standard InChI is InChI=1S/C17H24N2O4/c1-2-19(16(20)17(18)7-9-21-10-8-17)11-13-12-22-14-5-3-4-6-15(14)23-13/h3-6,13H,2,7-12,18H2,1H3. The lowest BCUT2D eigenvalue weighted by molar-refractivity contribution is -0.142. The zero-order chi connectivity index (χ0) is 16.3. The van der Waals surface area contributed by atoms with E-state index in [9.17, 15) is 4.79 Å². The Balaban J connectivity index is 1.65. The van der Waals surface area contributed by atoms with E-state index in [1.165, 1.54) is 0 Å². The predicted molar refractivity (Wildman–Crippen MR) is 85.6 cm³/mol. The Hall–Kier alpha value is -1.79. The third-order valence-corrected chi connectivity index (χ3v) is 4.47. The fourth-order valence-corrected chi connectivity index (χ4v) is 3.02. The molecule has 1 amide bonds. The summed E-state index contributed by atoms with van der Waals surface area (Å²) in [6.07, 6.45) is 0.942. The van der Waals surface area contributed by atoms with Crippen LogP contribution in [0.2, 0.25) is 0 Å². The van der Waals surface area contributed by atoms with E-state index in [4.69, 9.17) is 19.9 Å². The summed E-state index contributed by atoms with van der Waals surface area (Å²) in [6, 6.07) is 7.58. The van der Waals surface area contributed by atoms with Crippen LogP contribution in [0.5, 0.6) is 11.5 Å². The zero-order valence-electron chi connectivity index (χ0n) is 13.5. The minimum Gasteiger partial charge on any atom is -0.486 e. The van der Waals surface area contributed by atoms with Crippen molar-refractivity contribution in [3.8, 4) is 11.5 Å². The number of carbonyl (C=O) groups is 1. The van der Waals surface area contributed by atoms with Gasteiger partial charge in [0, 0.05) is 19.8 Å². The van der Waals surface area contributed by atoms with E-state index in [1.807, 2.05) is 31.2 Å². The molecule has 2 aliphatic heterocycles. The molecule has 6 nitrogen and oxygen atoms in total. The molecular formula is C17H24N2O4. The fraction of sp³-hybridized carbons (Fsp3) is 0.588. The lowest BCUT2D eigenvalue weighted by Crippen LogP contribution is -2.59. The van der Waals surface area contributed by atoms with Crippen molar-refractivity contribution >= 4 is 5.91 Å². The number of hydrogen-bond acceptors (Lipinski definition) is 5. The first kappa shape index (κ1) is 16.1. The summed E-state index contributed by atoms with van der Waals surface area (Å²) >= 11 is 0. The number of ether oxygens (including phenoxy) is 3. The Morgan fingerprint density at radius 1 is 1.30 bits per heavy atom. The lowest BCUT2D eigenvalue weighted by atomic mass is 9.89. The molecule has 1 aromatic rings. The van der Waals surface area contributed by atoms with E-state index in [0.29, 0.717) is 45.8 Å². The van der Waals surface area contributed by atoms with Crippen LogP contribution in [0.4, 0.5) is 0 Å². The molecule has 1 atom stereocenters. The third-order valence-electron chi connectivity index (χ3n) is 4.47. The van der Waals surface area contributed by atoms with Crippen LogP contribution in [0.15, 0.2) is 24.3 Å². The van der Waals surface area contributed by atoms with Crippen LogP contribution in [0.25, 0.3) is 0 Å². The molecule has 2 aliphatic rings. The van der Waals surface area contributed by atoms with Crippen molar-refractivity contribution in [2.24, 2.45) is 5.73 Å². The van der Waals surface area contributed by atoms with Gasteiger partial charge in [-0.3, -0.25) is 4.79 Å². The highest BCUT2D eigenvalue weighted by molar-refractivity contribution is 5.86. The molecule has 23 heavy (non-hydrogen) atoms. The summed E-state index contributed by atoms with van der Waals surface area (Å²) in [7, 11) is 0. The summed E-state index contributed by atoms with van der Waals surface area (Å²) in [5.41, 5.74) is 5.50. The van der Waals surface area contributed by atoms with E-state index in [-0.39, 0.29) is 12.0 Å². The second kappa shape index (κ2) is 6.76. The van der Waals surface area contributed by atoms with E-state index in [0.717, 1.165) is 11.5 Å². The molecule has 0 aliphatic carbocycles. The van der Waals surface area contributed by atoms with Gasteiger partial charge in [-0.2, -0.15) is 0 Å². The number of likely N-dealkylation sites (N-methyl/N-ethyl adjacent to an activating group) is 1. The van der Waals surface area contributed by atoms with E-state index < -0.39 is 5.54 Å². The first-order valence-corrected chi connectivity index (χ1v) is 8.17. The van der Waals surface area contributed by atoms with E-state index in [2.05, 4.69) is 0 Å². The Bertz CT molecular complexity index is 557. The van der Waals surface area contributed by atoms with Crippen LogP contribution in [-0.2, 0) is 9.53 Å². The summed E-state index contributed by atoms with van der Waals surface area (Å²) in [6.45, 7) is 4.54. The number of nitrogens with two attached hydrogens (primary N) is 1. The molecule has 3 rings (SSSR count). The summed E-state index contributed by atoms with van der Waals surface area (Å²) in [5.74, 6) is 1.45. The molecule has 1 unspecified atom stereocenters. The van der Waals surface area contributed by atoms with Crippen molar-refractivity contribution < 1.29 is 19.0 Å². The maximum atomic E-state index is 12.8. The van der Waals surface area contributed by atoms with Crippen molar-refractivity contribution in [1.29, 1.82) is 0 Å². The predicted octanol–water partition coefficient (Wildman–Crippen LogP) is 1.18. The molecule has 126 valence electrons. The Labute approximate surface area is 136 Å². The van der Waals surface area contributed by atoms with Crippen LogP contribution in [0.3, 0.4) is 0 Å². The van der Waals surface area contributed by atoms with Gasteiger partial charge in [0.25, 0.3) is 0 Å². The number of hydrogen-bond donors (Lipinski definition) is 1. The fourth-order valence-electron chi connectivity index (χ4n) is 3.02. The van der Waals surface area contributed by atoms with Gasteiger partial charge in [0.1, 0.15) is 6.61 Å². The van der Waals surface area contributed by atoms with Gasteiger partial charge in [0.05, 0.1) is 12.1 Å². The van der Waals surface area contributed by atoms with Gasteiger partial charge >= 0.3 is 0 Å². The third kappa shape index (κ3) is 3.43. The van der Waals surface area contributed by atoms with Gasteiger partial charge in [-0.1, -0.05) is 12.1 Å². The zero-order valence-corrected chi connectivity index (χ0v) is 13.5. The van der Waals surface area contributed by atoms with Crippen LogP contribution >= 0.6 is 0 Å². The monoisotopic (exact) mass is 320 g/mol. The molecule has 0 saturated carbocycles. The Morgan fingerprint density at radius 3 is 2.70 bits per heavy atom. The molecule has 2 heterocycles. The maximum absolute atomic E-state index is 12.8. The molecule has 0 bridgehead atoms. The largest absolute Gasteiger partial charge is 0.486 e. The minimum absolute atomic E-state index is 0.0224. The Morgan fingerprint density at radius 2 is 2.00 bits per heavy atom. The highest BCUT2D eigenvalue weighted by atomic mass is 16.6. The average molecular weight is 320 g/mol. The number of fused-ring (bicyclic) bond motifs is 1. The van der Waals surface area contributed by atoms with Gasteiger partial charge < -0.3 is 24.8 Å². The van der Waals surface area contributed by atoms with Crippen molar-refractivity contribution in [1.82, 2.24) is 4.90 Å². The maximum Gasteiger partial charge on any atom is 0.242 e. The number of rotatable bonds is 4. The Kier molecular flexibility index (Phi) is 4.73. The molecule has 0 aromatic heterocycles. The van der Waals surface area contributed by atoms with Crippen LogP contribution < -0.4 is 15.2 Å².